The van der Waals surface area contributed by atoms with E-state index in [1.54, 1.807) is 30.1 Å². The first-order valence-electron chi connectivity index (χ1n) is 8.82. The topological polar surface area (TPSA) is 75.8 Å². The fourth-order valence-electron chi connectivity index (χ4n) is 3.17. The molecule has 1 fully saturated rings. The maximum atomic E-state index is 12.7. The van der Waals surface area contributed by atoms with E-state index in [1.165, 1.54) is 4.57 Å². The van der Waals surface area contributed by atoms with E-state index < -0.39 is 5.76 Å². The number of aromatic nitrogens is 1. The van der Waals surface area contributed by atoms with E-state index in [0.717, 1.165) is 0 Å². The van der Waals surface area contributed by atoms with Crippen LogP contribution in [0.4, 0.5) is 0 Å². The molecule has 1 aromatic heterocycles. The molecule has 0 saturated carbocycles. The van der Waals surface area contributed by atoms with E-state index in [2.05, 4.69) is 0 Å². The molecule has 0 unspecified atom stereocenters. The monoisotopic (exact) mass is 359 g/mol. The van der Waals surface area contributed by atoms with Crippen LogP contribution in [0, 0.1) is 5.41 Å². The molecule has 0 bridgehead atoms. The molecule has 3 rings (SSSR count). The predicted molar refractivity (Wildman–Crippen MR) is 98.0 cm³/mol. The van der Waals surface area contributed by atoms with Crippen molar-refractivity contribution in [1.29, 1.82) is 0 Å². The average Bonchev–Trinajstić information content (AvgIpc) is 2.86. The molecular formula is C19H25N3O4. The highest BCUT2D eigenvalue weighted by molar-refractivity contribution is 5.97. The molecule has 0 radical (unpaired) electrons. The third-order valence-corrected chi connectivity index (χ3v) is 4.64. The van der Waals surface area contributed by atoms with Crippen LogP contribution in [-0.4, -0.2) is 52.4 Å². The number of oxazole rings is 1. The Kier molecular flexibility index (Phi) is 4.64. The van der Waals surface area contributed by atoms with Gasteiger partial charge in [0.15, 0.2) is 5.58 Å². The number of benzene rings is 1. The van der Waals surface area contributed by atoms with Crippen LogP contribution in [0.15, 0.2) is 27.4 Å². The minimum atomic E-state index is -0.449. The van der Waals surface area contributed by atoms with E-state index in [4.69, 9.17) is 4.42 Å². The van der Waals surface area contributed by atoms with Gasteiger partial charge in [-0.15, -0.1) is 0 Å². The van der Waals surface area contributed by atoms with Crippen LogP contribution in [0.5, 0.6) is 0 Å². The van der Waals surface area contributed by atoms with Gasteiger partial charge in [0.2, 0.25) is 5.91 Å². The number of carbonyl (C=O) groups excluding carboxylic acids is 2. The lowest BCUT2D eigenvalue weighted by Crippen LogP contribution is -2.51. The second-order valence-corrected chi connectivity index (χ2v) is 8.02. The summed E-state index contributed by atoms with van der Waals surface area (Å²) in [5.41, 5.74) is 1.51. The van der Waals surface area contributed by atoms with Gasteiger partial charge in [-0.2, -0.15) is 0 Å². The van der Waals surface area contributed by atoms with Crippen molar-refractivity contribution >= 4 is 22.9 Å². The smallest absolute Gasteiger partial charge is 0.408 e. The molecule has 140 valence electrons. The lowest BCUT2D eigenvalue weighted by Gasteiger charge is -2.36. The van der Waals surface area contributed by atoms with E-state index >= 15 is 0 Å². The van der Waals surface area contributed by atoms with Gasteiger partial charge in [-0.25, -0.2) is 4.79 Å². The molecule has 0 atom stereocenters. The van der Waals surface area contributed by atoms with Gasteiger partial charge in [0.25, 0.3) is 5.91 Å². The summed E-state index contributed by atoms with van der Waals surface area (Å²) in [4.78, 5) is 40.2. The molecule has 2 amide bonds. The van der Waals surface area contributed by atoms with Crippen molar-refractivity contribution in [2.24, 2.45) is 12.5 Å². The Morgan fingerprint density at radius 2 is 1.69 bits per heavy atom. The molecule has 26 heavy (non-hydrogen) atoms. The molecule has 1 aromatic carbocycles. The first-order chi connectivity index (χ1) is 12.2. The Hall–Kier alpha value is -2.57. The van der Waals surface area contributed by atoms with Crippen molar-refractivity contribution < 1.29 is 14.0 Å². The number of rotatable bonds is 2. The summed E-state index contributed by atoms with van der Waals surface area (Å²) < 4.78 is 6.56. The number of fused-ring (bicyclic) bond motifs is 1. The standard InChI is InChI=1S/C19H25N3O4/c1-19(2,3)12-16(23)21-7-9-22(10-8-21)17(24)13-5-6-14-15(11-13)26-18(25)20(14)4/h5-6,11H,7-10,12H2,1-4H3. The maximum absolute atomic E-state index is 12.7. The average molecular weight is 359 g/mol. The van der Waals surface area contributed by atoms with Gasteiger partial charge in [-0.1, -0.05) is 20.8 Å². The first kappa shape index (κ1) is 18.2. The Morgan fingerprint density at radius 3 is 2.31 bits per heavy atom. The largest absolute Gasteiger partial charge is 0.419 e. The summed E-state index contributed by atoms with van der Waals surface area (Å²) in [6, 6.07) is 5.03. The number of nitrogens with zero attached hydrogens (tertiary/aromatic N) is 3. The van der Waals surface area contributed by atoms with Crippen LogP contribution in [0.25, 0.3) is 11.1 Å². The normalized spacial score (nSPS) is 15.5. The molecule has 1 saturated heterocycles. The molecule has 7 heteroatoms. The number of hydrogen-bond acceptors (Lipinski definition) is 4. The van der Waals surface area contributed by atoms with Gasteiger partial charge in [-0.05, 0) is 23.6 Å². The fourth-order valence-corrected chi connectivity index (χ4v) is 3.17. The van der Waals surface area contributed by atoms with Crippen molar-refractivity contribution in [2.75, 3.05) is 26.2 Å². The highest BCUT2D eigenvalue weighted by Gasteiger charge is 2.27. The highest BCUT2D eigenvalue weighted by Crippen LogP contribution is 2.21. The molecular weight excluding hydrogens is 334 g/mol. The minimum Gasteiger partial charge on any atom is -0.408 e. The first-order valence-corrected chi connectivity index (χ1v) is 8.82. The summed E-state index contributed by atoms with van der Waals surface area (Å²) in [5, 5.41) is 0. The van der Waals surface area contributed by atoms with Crippen molar-refractivity contribution in [1.82, 2.24) is 14.4 Å². The quantitative estimate of drug-likeness (QED) is 0.820. The predicted octanol–water partition coefficient (Wildman–Crippen LogP) is 1.85. The SMILES string of the molecule is Cn1c(=O)oc2cc(C(=O)N3CCN(C(=O)CC(C)(C)C)CC3)ccc21. The minimum absolute atomic E-state index is 0.0426. The molecule has 7 nitrogen and oxygen atoms in total. The zero-order valence-electron chi connectivity index (χ0n) is 15.7. The van der Waals surface area contributed by atoms with Gasteiger partial charge >= 0.3 is 5.76 Å². The Morgan fingerprint density at radius 1 is 1.08 bits per heavy atom. The number of amides is 2. The Labute approximate surface area is 152 Å². The van der Waals surface area contributed by atoms with Crippen molar-refractivity contribution in [3.8, 4) is 0 Å². The van der Waals surface area contributed by atoms with Crippen molar-refractivity contribution in [2.45, 2.75) is 27.2 Å². The van der Waals surface area contributed by atoms with Gasteiger partial charge in [0, 0.05) is 45.2 Å². The zero-order valence-corrected chi connectivity index (χ0v) is 15.7. The summed E-state index contributed by atoms with van der Waals surface area (Å²) in [6.07, 6.45) is 0.505. The van der Waals surface area contributed by atoms with E-state index in [9.17, 15) is 14.4 Å². The number of piperazine rings is 1. The van der Waals surface area contributed by atoms with Gasteiger partial charge < -0.3 is 14.2 Å². The van der Waals surface area contributed by atoms with Crippen LogP contribution in [-0.2, 0) is 11.8 Å². The lowest BCUT2D eigenvalue weighted by atomic mass is 9.91. The highest BCUT2D eigenvalue weighted by atomic mass is 16.4. The Bertz CT molecular complexity index is 896. The number of hydrogen-bond donors (Lipinski definition) is 0. The summed E-state index contributed by atoms with van der Waals surface area (Å²) >= 11 is 0. The van der Waals surface area contributed by atoms with Gasteiger partial charge in [0.1, 0.15) is 0 Å². The number of carbonyl (C=O) groups is 2. The van der Waals surface area contributed by atoms with Crippen LogP contribution in [0.2, 0.25) is 0 Å². The second-order valence-electron chi connectivity index (χ2n) is 8.02. The molecule has 1 aliphatic heterocycles. The zero-order chi connectivity index (χ0) is 19.1. The molecule has 0 N–H and O–H groups in total. The second kappa shape index (κ2) is 6.63. The van der Waals surface area contributed by atoms with Crippen molar-refractivity contribution in [3.63, 3.8) is 0 Å². The summed E-state index contributed by atoms with van der Waals surface area (Å²) in [5.74, 6) is -0.422. The van der Waals surface area contributed by atoms with Gasteiger partial charge in [0.05, 0.1) is 5.52 Å². The lowest BCUT2D eigenvalue weighted by molar-refractivity contribution is -0.134. The summed E-state index contributed by atoms with van der Waals surface area (Å²) in [7, 11) is 1.63. The van der Waals surface area contributed by atoms with Crippen molar-refractivity contribution in [3.05, 3.63) is 34.3 Å². The van der Waals surface area contributed by atoms with E-state index in [0.29, 0.717) is 49.3 Å². The summed E-state index contributed by atoms with van der Waals surface area (Å²) in [6.45, 7) is 8.23. The molecule has 0 aliphatic carbocycles. The third-order valence-electron chi connectivity index (χ3n) is 4.64. The van der Waals surface area contributed by atoms with Gasteiger partial charge in [-0.3, -0.25) is 14.2 Å². The van der Waals surface area contributed by atoms with Crippen LogP contribution in [0.3, 0.4) is 0 Å². The van der Waals surface area contributed by atoms with Crippen LogP contribution >= 0.6 is 0 Å². The van der Waals surface area contributed by atoms with Crippen LogP contribution in [0.1, 0.15) is 37.6 Å². The van der Waals surface area contributed by atoms with E-state index in [1.807, 2.05) is 25.7 Å². The molecule has 2 aromatic rings. The Balaban J connectivity index is 1.67. The third kappa shape index (κ3) is 3.66. The molecule has 0 spiro atoms. The molecule has 2 heterocycles. The number of aryl methyl sites for hydroxylation is 1. The maximum Gasteiger partial charge on any atom is 0.419 e. The molecule has 1 aliphatic rings. The fraction of sp³-hybridized carbons (Fsp3) is 0.526. The van der Waals surface area contributed by atoms with E-state index in [-0.39, 0.29) is 17.2 Å². The van der Waals surface area contributed by atoms with Crippen LogP contribution < -0.4 is 5.76 Å².